The van der Waals surface area contributed by atoms with Crippen molar-refractivity contribution < 1.29 is 4.79 Å². The first-order valence-electron chi connectivity index (χ1n) is 7.74. The highest BCUT2D eigenvalue weighted by Crippen LogP contribution is 2.23. The summed E-state index contributed by atoms with van der Waals surface area (Å²) in [4.78, 5) is 28.7. The number of anilines is 1. The van der Waals surface area contributed by atoms with E-state index in [4.69, 9.17) is 0 Å². The van der Waals surface area contributed by atoms with Crippen LogP contribution in [0.4, 0.5) is 5.69 Å². The van der Waals surface area contributed by atoms with Gasteiger partial charge in [0.1, 0.15) is 5.65 Å². The number of aromatic nitrogens is 2. The van der Waals surface area contributed by atoms with Crippen molar-refractivity contribution in [2.45, 2.75) is 12.7 Å². The van der Waals surface area contributed by atoms with Crippen LogP contribution in [0.25, 0.3) is 5.65 Å². The van der Waals surface area contributed by atoms with Gasteiger partial charge < -0.3 is 5.32 Å². The summed E-state index contributed by atoms with van der Waals surface area (Å²) in [7, 11) is 0. The molecule has 0 aliphatic rings. The average molecular weight is 497 g/mol. The topological polar surface area (TPSA) is 63.5 Å². The Labute approximate surface area is 171 Å². The lowest BCUT2D eigenvalue weighted by atomic mass is 10.2. The Kier molecular flexibility index (Phi) is 6.16. The summed E-state index contributed by atoms with van der Waals surface area (Å²) in [6.45, 7) is 1.99. The van der Waals surface area contributed by atoms with E-state index in [1.165, 1.54) is 22.2 Å². The lowest BCUT2D eigenvalue weighted by Crippen LogP contribution is -2.16. The molecule has 0 spiro atoms. The second-order valence-corrected chi connectivity index (χ2v) is 8.44. The minimum absolute atomic E-state index is 0.0963. The van der Waals surface area contributed by atoms with Gasteiger partial charge >= 0.3 is 0 Å². The maximum atomic E-state index is 12.2. The number of carbonyl (C=O) groups is 1. The summed E-state index contributed by atoms with van der Waals surface area (Å²) < 4.78 is 3.15. The molecule has 2 aromatic heterocycles. The monoisotopic (exact) mass is 495 g/mol. The summed E-state index contributed by atoms with van der Waals surface area (Å²) in [5.41, 5.74) is 2.97. The number of nitrogens with zero attached hydrogens (tertiary/aromatic N) is 2. The number of carbonyl (C=O) groups excluding carboxylic acids is 1. The molecule has 0 saturated heterocycles. The fourth-order valence-corrected chi connectivity index (χ4v) is 4.00. The Morgan fingerprint density at radius 3 is 2.81 bits per heavy atom. The zero-order chi connectivity index (χ0) is 18.7. The van der Waals surface area contributed by atoms with Crippen molar-refractivity contribution in [1.82, 2.24) is 9.38 Å². The van der Waals surface area contributed by atoms with Gasteiger partial charge in [0.25, 0.3) is 5.56 Å². The molecule has 5 nitrogen and oxygen atoms in total. The molecule has 0 aliphatic heterocycles. The van der Waals surface area contributed by atoms with Gasteiger partial charge in [-0.2, -0.15) is 0 Å². The third-order valence-corrected chi connectivity index (χ3v) is 5.65. The first-order valence-corrected chi connectivity index (χ1v) is 10.5. The van der Waals surface area contributed by atoms with Crippen LogP contribution < -0.4 is 10.9 Å². The molecule has 1 aromatic carbocycles. The minimum Gasteiger partial charge on any atom is -0.324 e. The van der Waals surface area contributed by atoms with E-state index in [0.717, 1.165) is 20.2 Å². The third kappa shape index (κ3) is 4.75. The highest BCUT2D eigenvalue weighted by molar-refractivity contribution is 9.10. The van der Waals surface area contributed by atoms with Crippen molar-refractivity contribution in [3.63, 3.8) is 0 Å². The van der Waals surface area contributed by atoms with Crippen LogP contribution in [-0.2, 0) is 10.5 Å². The number of benzene rings is 1. The third-order valence-electron chi connectivity index (χ3n) is 3.56. The van der Waals surface area contributed by atoms with Crippen LogP contribution in [0.5, 0.6) is 0 Å². The molecule has 1 amide bonds. The number of fused-ring (bicyclic) bond motifs is 1. The van der Waals surface area contributed by atoms with Crippen molar-refractivity contribution >= 4 is 60.9 Å². The molecule has 0 unspecified atom stereocenters. The van der Waals surface area contributed by atoms with Gasteiger partial charge in [0.2, 0.25) is 5.91 Å². The molecule has 0 atom stereocenters. The summed E-state index contributed by atoms with van der Waals surface area (Å²) in [5.74, 6) is 0.674. The number of pyridine rings is 1. The number of hydrogen-bond acceptors (Lipinski definition) is 4. The van der Waals surface area contributed by atoms with Gasteiger partial charge in [-0.1, -0.05) is 6.07 Å². The Morgan fingerprint density at radius 2 is 2.04 bits per heavy atom. The fourth-order valence-electron chi connectivity index (χ4n) is 2.36. The molecular weight excluding hydrogens is 482 g/mol. The van der Waals surface area contributed by atoms with Crippen LogP contribution in [0.1, 0.15) is 11.3 Å². The van der Waals surface area contributed by atoms with E-state index in [1.54, 1.807) is 12.3 Å². The second-order valence-electron chi connectivity index (χ2n) is 5.69. The van der Waals surface area contributed by atoms with E-state index in [0.29, 0.717) is 17.1 Å². The highest BCUT2D eigenvalue weighted by Gasteiger charge is 2.08. The zero-order valence-electron chi connectivity index (χ0n) is 13.8. The normalized spacial score (nSPS) is 10.9. The molecule has 3 aromatic rings. The van der Waals surface area contributed by atoms with Crippen LogP contribution in [0, 0.1) is 6.92 Å². The molecule has 0 fully saturated rings. The predicted molar refractivity (Wildman–Crippen MR) is 113 cm³/mol. The standard InChI is InChI=1S/C18H15Br2N3O2S/c1-11-2-4-15(14(20)6-11)22-17(24)10-26-9-13-7-18(25)23-8-12(19)3-5-16(23)21-13/h2-8H,9-10H2,1H3,(H,22,24). The number of nitrogens with one attached hydrogen (secondary N) is 1. The van der Waals surface area contributed by atoms with Gasteiger partial charge in [-0.15, -0.1) is 11.8 Å². The van der Waals surface area contributed by atoms with E-state index in [2.05, 4.69) is 42.2 Å². The van der Waals surface area contributed by atoms with Gasteiger partial charge in [0, 0.05) is 27.0 Å². The molecular formula is C18H15Br2N3O2S. The van der Waals surface area contributed by atoms with E-state index in [1.807, 2.05) is 31.2 Å². The number of rotatable bonds is 5. The molecule has 0 aliphatic carbocycles. The molecule has 8 heteroatoms. The molecule has 1 N–H and O–H groups in total. The zero-order valence-corrected chi connectivity index (χ0v) is 17.8. The van der Waals surface area contributed by atoms with Crippen molar-refractivity contribution in [2.24, 2.45) is 0 Å². The van der Waals surface area contributed by atoms with E-state index in [-0.39, 0.29) is 17.2 Å². The average Bonchev–Trinajstić information content (AvgIpc) is 2.58. The number of amides is 1. The molecule has 2 heterocycles. The van der Waals surface area contributed by atoms with Crippen LogP contribution in [0.3, 0.4) is 0 Å². The molecule has 26 heavy (non-hydrogen) atoms. The second kappa shape index (κ2) is 8.37. The molecule has 134 valence electrons. The lowest BCUT2D eigenvalue weighted by Gasteiger charge is -2.08. The molecule has 0 radical (unpaired) electrons. The minimum atomic E-state index is -0.139. The number of thioether (sulfide) groups is 1. The van der Waals surface area contributed by atoms with Gasteiger partial charge in [0.05, 0.1) is 17.1 Å². The fraction of sp³-hybridized carbons (Fsp3) is 0.167. The van der Waals surface area contributed by atoms with Crippen molar-refractivity contribution in [2.75, 3.05) is 11.1 Å². The largest absolute Gasteiger partial charge is 0.324 e. The maximum absolute atomic E-state index is 12.2. The van der Waals surface area contributed by atoms with Crippen molar-refractivity contribution in [3.8, 4) is 0 Å². The Morgan fingerprint density at radius 1 is 1.23 bits per heavy atom. The van der Waals surface area contributed by atoms with Crippen LogP contribution in [0.15, 0.2) is 56.3 Å². The quantitative estimate of drug-likeness (QED) is 0.568. The predicted octanol–water partition coefficient (Wildman–Crippen LogP) is 4.40. The van der Waals surface area contributed by atoms with Crippen LogP contribution in [0.2, 0.25) is 0 Å². The smallest absolute Gasteiger partial charge is 0.258 e. The molecule has 0 bridgehead atoms. The first kappa shape index (κ1) is 19.1. The van der Waals surface area contributed by atoms with E-state index >= 15 is 0 Å². The number of halogens is 2. The summed E-state index contributed by atoms with van der Waals surface area (Å²) in [5, 5.41) is 2.87. The summed E-state index contributed by atoms with van der Waals surface area (Å²) >= 11 is 8.20. The number of hydrogen-bond donors (Lipinski definition) is 1. The maximum Gasteiger partial charge on any atom is 0.258 e. The van der Waals surface area contributed by atoms with Crippen LogP contribution in [-0.4, -0.2) is 21.0 Å². The molecule has 3 rings (SSSR count). The Bertz CT molecular complexity index is 1040. The van der Waals surface area contributed by atoms with E-state index in [9.17, 15) is 9.59 Å². The first-order chi connectivity index (χ1) is 12.4. The van der Waals surface area contributed by atoms with E-state index < -0.39 is 0 Å². The van der Waals surface area contributed by atoms with Gasteiger partial charge in [-0.3, -0.25) is 14.0 Å². The van der Waals surface area contributed by atoms with Crippen LogP contribution >= 0.6 is 43.6 Å². The Balaban J connectivity index is 1.61. The summed E-state index contributed by atoms with van der Waals surface area (Å²) in [6.07, 6.45) is 1.69. The van der Waals surface area contributed by atoms with Gasteiger partial charge in [-0.05, 0) is 68.6 Å². The SMILES string of the molecule is Cc1ccc(NC(=O)CSCc2cc(=O)n3cc(Br)ccc3n2)c(Br)c1. The van der Waals surface area contributed by atoms with Crippen molar-refractivity contribution in [3.05, 3.63) is 73.2 Å². The Hall–Kier alpha value is -1.64. The van der Waals surface area contributed by atoms with Crippen molar-refractivity contribution in [1.29, 1.82) is 0 Å². The van der Waals surface area contributed by atoms with Gasteiger partial charge in [-0.25, -0.2) is 4.98 Å². The highest BCUT2D eigenvalue weighted by atomic mass is 79.9. The summed E-state index contributed by atoms with van der Waals surface area (Å²) in [6, 6.07) is 10.9. The molecule has 0 saturated carbocycles. The lowest BCUT2D eigenvalue weighted by molar-refractivity contribution is -0.113. The number of aryl methyl sites for hydroxylation is 1. The van der Waals surface area contributed by atoms with Gasteiger partial charge in [0.15, 0.2) is 0 Å².